The molecule has 0 bridgehead atoms. The van der Waals surface area contributed by atoms with E-state index >= 15 is 0 Å². The molecule has 2 aromatic heterocycles. The predicted octanol–water partition coefficient (Wildman–Crippen LogP) is 4.28. The van der Waals surface area contributed by atoms with Gasteiger partial charge in [-0.25, -0.2) is 15.0 Å². The molecule has 0 saturated carbocycles. The molecule has 0 aromatic carbocycles. The van der Waals surface area contributed by atoms with Gasteiger partial charge in [0.2, 0.25) is 5.91 Å². The van der Waals surface area contributed by atoms with Gasteiger partial charge in [-0.3, -0.25) is 4.79 Å². The molecule has 1 fully saturated rings. The summed E-state index contributed by atoms with van der Waals surface area (Å²) in [5.41, 5.74) is 1.90. The summed E-state index contributed by atoms with van der Waals surface area (Å²) in [5.74, 6) is 1.85. The molecule has 1 amide bonds. The molecule has 6 nitrogen and oxygen atoms in total. The van der Waals surface area contributed by atoms with E-state index < -0.39 is 0 Å². The number of amides is 1. The van der Waals surface area contributed by atoms with E-state index in [0.717, 1.165) is 48.1 Å². The number of carbonyl (C=O) groups excluding carboxylic acids is 1. The number of hydrogen-bond acceptors (Lipinski definition) is 6. The van der Waals surface area contributed by atoms with Crippen LogP contribution in [0.2, 0.25) is 0 Å². The fourth-order valence-corrected chi connectivity index (χ4v) is 4.21. The van der Waals surface area contributed by atoms with Gasteiger partial charge in [0.05, 0.1) is 17.4 Å². The first kappa shape index (κ1) is 19.0. The number of hydrogen-bond donors (Lipinski definition) is 1. The molecular weight excluding hydrogens is 370 g/mol. The minimum Gasteiger partial charge on any atom is -0.334 e. The zero-order valence-corrected chi connectivity index (χ0v) is 17.0. The number of thiazole rings is 1. The van der Waals surface area contributed by atoms with Crippen LogP contribution in [-0.2, 0) is 4.79 Å². The number of aromatic nitrogens is 3. The third-order valence-corrected chi connectivity index (χ3v) is 5.77. The Morgan fingerprint density at radius 2 is 2.12 bits per heavy atom. The Hall–Kier alpha value is -1.73. The maximum absolute atomic E-state index is 12.5. The van der Waals surface area contributed by atoms with Crippen LogP contribution >= 0.6 is 22.9 Å². The summed E-state index contributed by atoms with van der Waals surface area (Å²) in [6, 6.07) is 1.93. The van der Waals surface area contributed by atoms with Gasteiger partial charge in [0.25, 0.3) is 0 Å². The van der Waals surface area contributed by atoms with Crippen LogP contribution < -0.4 is 5.32 Å². The van der Waals surface area contributed by atoms with E-state index in [0.29, 0.717) is 18.1 Å². The van der Waals surface area contributed by atoms with Crippen LogP contribution in [0.3, 0.4) is 0 Å². The first-order valence-corrected chi connectivity index (χ1v) is 10.2. The SMILES string of the molecule is Cc1nc(Nc2nc(C)c(C)s2)cc(C2CCCCN2C(=O)CCCl)n1. The molecular formula is C18H24ClN5OS. The van der Waals surface area contributed by atoms with Crippen molar-refractivity contribution in [2.45, 2.75) is 52.5 Å². The lowest BCUT2D eigenvalue weighted by Gasteiger charge is -2.35. The lowest BCUT2D eigenvalue weighted by Crippen LogP contribution is -2.39. The quantitative estimate of drug-likeness (QED) is 0.767. The zero-order chi connectivity index (χ0) is 18.7. The van der Waals surface area contributed by atoms with Crippen LogP contribution in [0, 0.1) is 20.8 Å². The van der Waals surface area contributed by atoms with Crippen LogP contribution in [0.5, 0.6) is 0 Å². The number of anilines is 2. The first-order chi connectivity index (χ1) is 12.5. The van der Waals surface area contributed by atoms with Crippen molar-refractivity contribution in [3.8, 4) is 0 Å². The molecule has 3 rings (SSSR count). The van der Waals surface area contributed by atoms with E-state index in [1.54, 1.807) is 11.3 Å². The van der Waals surface area contributed by atoms with E-state index in [9.17, 15) is 4.79 Å². The van der Waals surface area contributed by atoms with Crippen LogP contribution in [0.1, 0.15) is 53.8 Å². The second-order valence-electron chi connectivity index (χ2n) is 6.55. The Labute approximate surface area is 163 Å². The summed E-state index contributed by atoms with van der Waals surface area (Å²) < 4.78 is 0. The Bertz CT molecular complexity index is 774. The van der Waals surface area contributed by atoms with E-state index in [1.807, 2.05) is 24.8 Å². The van der Waals surface area contributed by atoms with E-state index in [2.05, 4.69) is 27.2 Å². The van der Waals surface area contributed by atoms with Crippen molar-refractivity contribution in [2.75, 3.05) is 17.7 Å². The topological polar surface area (TPSA) is 71.0 Å². The molecule has 0 aliphatic carbocycles. The van der Waals surface area contributed by atoms with Gasteiger partial charge in [-0.1, -0.05) is 0 Å². The minimum absolute atomic E-state index is 0.0125. The maximum Gasteiger partial charge on any atom is 0.224 e. The smallest absolute Gasteiger partial charge is 0.224 e. The highest BCUT2D eigenvalue weighted by Gasteiger charge is 2.29. The van der Waals surface area contributed by atoms with E-state index in [1.165, 1.54) is 4.88 Å². The lowest BCUT2D eigenvalue weighted by molar-refractivity contribution is -0.134. The molecule has 1 aliphatic rings. The maximum atomic E-state index is 12.5. The molecule has 1 atom stereocenters. The fourth-order valence-electron chi connectivity index (χ4n) is 3.22. The summed E-state index contributed by atoms with van der Waals surface area (Å²) in [5, 5.41) is 4.11. The largest absolute Gasteiger partial charge is 0.334 e. The lowest BCUT2D eigenvalue weighted by atomic mass is 9.98. The summed E-state index contributed by atoms with van der Waals surface area (Å²) >= 11 is 7.38. The van der Waals surface area contributed by atoms with Crippen LogP contribution in [0.4, 0.5) is 10.9 Å². The Kier molecular flexibility index (Phi) is 6.09. The number of aryl methyl sites for hydroxylation is 3. The van der Waals surface area contributed by atoms with Crippen LogP contribution in [-0.4, -0.2) is 38.2 Å². The summed E-state index contributed by atoms with van der Waals surface area (Å²) in [6.45, 7) is 6.69. The van der Waals surface area contributed by atoms with Gasteiger partial charge in [-0.05, 0) is 40.0 Å². The molecule has 140 valence electrons. The summed E-state index contributed by atoms with van der Waals surface area (Å²) in [4.78, 5) is 29.2. The number of nitrogens with one attached hydrogen (secondary N) is 1. The normalized spacial score (nSPS) is 17.4. The molecule has 3 heterocycles. The second-order valence-corrected chi connectivity index (χ2v) is 8.13. The zero-order valence-electron chi connectivity index (χ0n) is 15.4. The van der Waals surface area contributed by atoms with Crippen molar-refractivity contribution in [1.29, 1.82) is 0 Å². The molecule has 1 aliphatic heterocycles. The molecule has 1 unspecified atom stereocenters. The highest BCUT2D eigenvalue weighted by atomic mass is 35.5. The molecule has 0 spiro atoms. The van der Waals surface area contributed by atoms with Crippen molar-refractivity contribution < 1.29 is 4.79 Å². The molecule has 26 heavy (non-hydrogen) atoms. The van der Waals surface area contributed by atoms with E-state index in [4.69, 9.17) is 11.6 Å². The van der Waals surface area contributed by atoms with Crippen molar-refractivity contribution in [3.05, 3.63) is 28.2 Å². The summed E-state index contributed by atoms with van der Waals surface area (Å²) in [6.07, 6.45) is 3.40. The van der Waals surface area contributed by atoms with Gasteiger partial charge in [0.15, 0.2) is 5.13 Å². The van der Waals surface area contributed by atoms with Gasteiger partial charge in [0.1, 0.15) is 11.6 Å². The second kappa shape index (κ2) is 8.31. The Morgan fingerprint density at radius 3 is 2.81 bits per heavy atom. The predicted molar refractivity (Wildman–Crippen MR) is 105 cm³/mol. The monoisotopic (exact) mass is 393 g/mol. The third kappa shape index (κ3) is 4.32. The van der Waals surface area contributed by atoms with Gasteiger partial charge < -0.3 is 10.2 Å². The van der Waals surface area contributed by atoms with Gasteiger partial charge in [-0.15, -0.1) is 22.9 Å². The average molecular weight is 394 g/mol. The number of halogens is 1. The van der Waals surface area contributed by atoms with Crippen molar-refractivity contribution in [2.24, 2.45) is 0 Å². The Balaban J connectivity index is 1.86. The number of piperidine rings is 1. The van der Waals surface area contributed by atoms with Crippen LogP contribution in [0.25, 0.3) is 0 Å². The van der Waals surface area contributed by atoms with Gasteiger partial charge >= 0.3 is 0 Å². The molecule has 1 N–H and O–H groups in total. The van der Waals surface area contributed by atoms with Gasteiger partial charge in [-0.2, -0.15) is 0 Å². The summed E-state index contributed by atoms with van der Waals surface area (Å²) in [7, 11) is 0. The number of alkyl halides is 1. The fraction of sp³-hybridized carbons (Fsp3) is 0.556. The number of nitrogens with zero attached hydrogens (tertiary/aromatic N) is 4. The average Bonchev–Trinajstić information content (AvgIpc) is 2.92. The minimum atomic E-state index is -0.0125. The van der Waals surface area contributed by atoms with Crippen molar-refractivity contribution in [1.82, 2.24) is 19.9 Å². The van der Waals surface area contributed by atoms with Crippen molar-refractivity contribution >= 4 is 39.8 Å². The third-order valence-electron chi connectivity index (χ3n) is 4.59. The highest BCUT2D eigenvalue weighted by molar-refractivity contribution is 7.15. The highest BCUT2D eigenvalue weighted by Crippen LogP contribution is 2.32. The van der Waals surface area contributed by atoms with Crippen molar-refractivity contribution in [3.63, 3.8) is 0 Å². The first-order valence-electron chi connectivity index (χ1n) is 8.90. The Morgan fingerprint density at radius 1 is 1.31 bits per heavy atom. The van der Waals surface area contributed by atoms with E-state index in [-0.39, 0.29) is 11.9 Å². The molecule has 0 radical (unpaired) electrons. The molecule has 1 saturated heterocycles. The van der Waals surface area contributed by atoms with Crippen LogP contribution in [0.15, 0.2) is 6.07 Å². The number of carbonyl (C=O) groups is 1. The standard InChI is InChI=1S/C18H24ClN5OS/c1-11-12(2)26-18(20-11)23-16-10-14(21-13(3)22-16)15-6-4-5-9-24(15)17(25)7-8-19/h10,15H,4-9H2,1-3H3,(H,20,21,22,23). The number of rotatable bonds is 5. The molecule has 2 aromatic rings. The molecule has 8 heteroatoms. The van der Waals surface area contributed by atoms with Gasteiger partial charge in [0, 0.05) is 29.8 Å². The number of likely N-dealkylation sites (tertiary alicyclic amines) is 1.